The number of nitro benzene ring substituents is 1. The number of nitro groups is 1. The molecule has 0 amide bonds. The predicted molar refractivity (Wildman–Crippen MR) is 103 cm³/mol. The van der Waals surface area contributed by atoms with Crippen LogP contribution in [0.15, 0.2) is 78.9 Å². The van der Waals surface area contributed by atoms with E-state index in [1.165, 1.54) is 21.5 Å². The van der Waals surface area contributed by atoms with Crippen molar-refractivity contribution < 1.29 is 4.92 Å². The molecule has 5 rings (SSSR count). The molecule has 5 aromatic rings. The molecule has 0 spiro atoms. The minimum Gasteiger partial charge on any atom is -0.258 e. The van der Waals surface area contributed by atoms with Gasteiger partial charge in [0, 0.05) is 12.1 Å². The number of fused-ring (bicyclic) bond motifs is 5. The van der Waals surface area contributed by atoms with E-state index in [-0.39, 0.29) is 10.6 Å². The zero-order valence-electron chi connectivity index (χ0n) is 13.3. The zero-order chi connectivity index (χ0) is 17.0. The van der Waals surface area contributed by atoms with E-state index >= 15 is 0 Å². The van der Waals surface area contributed by atoms with Crippen molar-refractivity contribution in [3.05, 3.63) is 89.0 Å². The lowest BCUT2D eigenvalue weighted by atomic mass is 9.96. The molecule has 0 radical (unpaired) electrons. The van der Waals surface area contributed by atoms with Crippen LogP contribution in [0.5, 0.6) is 0 Å². The van der Waals surface area contributed by atoms with E-state index in [1.807, 2.05) is 18.2 Å². The minimum absolute atomic E-state index is 0.123. The van der Waals surface area contributed by atoms with Crippen molar-refractivity contribution in [3.8, 4) is 0 Å². The van der Waals surface area contributed by atoms with Gasteiger partial charge in [-0.25, -0.2) is 0 Å². The second-order valence-corrected chi connectivity index (χ2v) is 6.35. The third-order valence-electron chi connectivity index (χ3n) is 4.85. The Bertz CT molecular complexity index is 1320. The molecule has 25 heavy (non-hydrogen) atoms. The number of hydrogen-bond donors (Lipinski definition) is 0. The molecule has 0 aliphatic heterocycles. The van der Waals surface area contributed by atoms with E-state index in [0.717, 1.165) is 21.5 Å². The molecule has 3 nitrogen and oxygen atoms in total. The van der Waals surface area contributed by atoms with Crippen LogP contribution in [0.4, 0.5) is 5.69 Å². The fourth-order valence-electron chi connectivity index (χ4n) is 3.60. The van der Waals surface area contributed by atoms with E-state index in [4.69, 9.17) is 0 Å². The summed E-state index contributed by atoms with van der Waals surface area (Å²) >= 11 is 0. The lowest BCUT2D eigenvalue weighted by molar-refractivity contribution is -0.384. The highest BCUT2D eigenvalue weighted by molar-refractivity contribution is 6.15. The lowest BCUT2D eigenvalue weighted by Gasteiger charge is -2.08. The quantitative estimate of drug-likeness (QED) is 0.159. The summed E-state index contributed by atoms with van der Waals surface area (Å²) < 4.78 is 0. The van der Waals surface area contributed by atoms with Gasteiger partial charge in [-0.15, -0.1) is 0 Å². The highest BCUT2D eigenvalue weighted by Gasteiger charge is 2.09. The summed E-state index contributed by atoms with van der Waals surface area (Å²) in [6, 6.07) is 26.2. The van der Waals surface area contributed by atoms with Crippen LogP contribution in [-0.2, 0) is 0 Å². The first-order chi connectivity index (χ1) is 12.2. The van der Waals surface area contributed by atoms with Crippen LogP contribution in [0.25, 0.3) is 43.1 Å². The SMILES string of the molecule is O=[N+]([O-])c1ccc2cc3ccc4cc5ccccc5cc4c3cc2c1. The van der Waals surface area contributed by atoms with E-state index in [2.05, 4.69) is 48.5 Å². The van der Waals surface area contributed by atoms with Gasteiger partial charge in [-0.1, -0.05) is 36.4 Å². The molecular weight excluding hydrogens is 310 g/mol. The third kappa shape index (κ3) is 2.13. The Hall–Kier alpha value is -3.46. The van der Waals surface area contributed by atoms with Gasteiger partial charge >= 0.3 is 0 Å². The number of nitrogens with zero attached hydrogens (tertiary/aromatic N) is 1. The Kier molecular flexibility index (Phi) is 2.80. The van der Waals surface area contributed by atoms with Gasteiger partial charge in [-0.05, 0) is 73.4 Å². The predicted octanol–water partition coefficient (Wildman–Crippen LogP) is 6.21. The van der Waals surface area contributed by atoms with Gasteiger partial charge < -0.3 is 0 Å². The Morgan fingerprint density at radius 1 is 0.560 bits per heavy atom. The number of benzene rings is 5. The topological polar surface area (TPSA) is 43.1 Å². The first-order valence-corrected chi connectivity index (χ1v) is 8.12. The van der Waals surface area contributed by atoms with E-state index in [0.29, 0.717) is 0 Å². The molecule has 0 saturated carbocycles. The summed E-state index contributed by atoms with van der Waals surface area (Å²) in [5.74, 6) is 0. The van der Waals surface area contributed by atoms with Crippen LogP contribution < -0.4 is 0 Å². The normalized spacial score (nSPS) is 11.5. The second kappa shape index (κ2) is 5.02. The molecule has 5 aromatic carbocycles. The van der Waals surface area contributed by atoms with E-state index in [1.54, 1.807) is 12.1 Å². The molecule has 0 bridgehead atoms. The maximum absolute atomic E-state index is 11.1. The van der Waals surface area contributed by atoms with Gasteiger partial charge in [0.15, 0.2) is 0 Å². The van der Waals surface area contributed by atoms with Crippen molar-refractivity contribution in [2.24, 2.45) is 0 Å². The van der Waals surface area contributed by atoms with Crippen molar-refractivity contribution >= 4 is 48.8 Å². The van der Waals surface area contributed by atoms with Crippen LogP contribution >= 0.6 is 0 Å². The van der Waals surface area contributed by atoms with Gasteiger partial charge in [0.25, 0.3) is 5.69 Å². The van der Waals surface area contributed by atoms with E-state index < -0.39 is 0 Å². The van der Waals surface area contributed by atoms with Crippen molar-refractivity contribution in [1.29, 1.82) is 0 Å². The lowest BCUT2D eigenvalue weighted by Crippen LogP contribution is -1.87. The van der Waals surface area contributed by atoms with Gasteiger partial charge in [0.2, 0.25) is 0 Å². The Labute approximate surface area is 143 Å². The summed E-state index contributed by atoms with van der Waals surface area (Å²) in [5, 5.41) is 20.0. The summed E-state index contributed by atoms with van der Waals surface area (Å²) in [5.41, 5.74) is 0.123. The molecule has 0 aliphatic carbocycles. The van der Waals surface area contributed by atoms with Crippen LogP contribution in [0.1, 0.15) is 0 Å². The standard InChI is InChI=1S/C22H13NO2/c24-23(25)20-8-7-16-10-18-6-5-17-9-14-3-1-2-4-15(14)12-21(17)22(18)13-19(16)11-20/h1-13H. The zero-order valence-corrected chi connectivity index (χ0v) is 13.3. The highest BCUT2D eigenvalue weighted by Crippen LogP contribution is 2.33. The summed E-state index contributed by atoms with van der Waals surface area (Å²) in [4.78, 5) is 10.7. The highest BCUT2D eigenvalue weighted by atomic mass is 16.6. The van der Waals surface area contributed by atoms with Crippen molar-refractivity contribution in [3.63, 3.8) is 0 Å². The smallest absolute Gasteiger partial charge is 0.258 e. The molecule has 0 unspecified atom stereocenters. The van der Waals surface area contributed by atoms with E-state index in [9.17, 15) is 10.1 Å². The summed E-state index contributed by atoms with van der Waals surface area (Å²) in [7, 11) is 0. The minimum atomic E-state index is -0.347. The van der Waals surface area contributed by atoms with Gasteiger partial charge in [0.1, 0.15) is 0 Å². The van der Waals surface area contributed by atoms with Crippen LogP contribution in [0.3, 0.4) is 0 Å². The summed E-state index contributed by atoms with van der Waals surface area (Å²) in [6.07, 6.45) is 0. The second-order valence-electron chi connectivity index (χ2n) is 6.35. The van der Waals surface area contributed by atoms with Crippen LogP contribution in [0, 0.1) is 10.1 Å². The molecule has 3 heteroatoms. The largest absolute Gasteiger partial charge is 0.270 e. The Morgan fingerprint density at radius 2 is 1.08 bits per heavy atom. The first kappa shape index (κ1) is 13.9. The molecule has 0 fully saturated rings. The fourth-order valence-corrected chi connectivity index (χ4v) is 3.60. The first-order valence-electron chi connectivity index (χ1n) is 8.12. The average molecular weight is 323 g/mol. The molecular formula is C22H13NO2. The maximum Gasteiger partial charge on any atom is 0.270 e. The molecule has 0 aliphatic rings. The molecule has 0 heterocycles. The summed E-state index contributed by atoms with van der Waals surface area (Å²) in [6.45, 7) is 0. The average Bonchev–Trinajstić information content (AvgIpc) is 2.64. The Morgan fingerprint density at radius 3 is 1.72 bits per heavy atom. The third-order valence-corrected chi connectivity index (χ3v) is 4.85. The number of rotatable bonds is 1. The van der Waals surface area contributed by atoms with Crippen molar-refractivity contribution in [2.45, 2.75) is 0 Å². The van der Waals surface area contributed by atoms with Gasteiger partial charge in [0.05, 0.1) is 4.92 Å². The van der Waals surface area contributed by atoms with Gasteiger partial charge in [-0.2, -0.15) is 0 Å². The van der Waals surface area contributed by atoms with Gasteiger partial charge in [-0.3, -0.25) is 10.1 Å². The molecule has 118 valence electrons. The van der Waals surface area contributed by atoms with Crippen LogP contribution in [0.2, 0.25) is 0 Å². The van der Waals surface area contributed by atoms with Crippen molar-refractivity contribution in [1.82, 2.24) is 0 Å². The molecule has 0 N–H and O–H groups in total. The van der Waals surface area contributed by atoms with Crippen molar-refractivity contribution in [2.75, 3.05) is 0 Å². The monoisotopic (exact) mass is 323 g/mol. The number of hydrogen-bond acceptors (Lipinski definition) is 2. The van der Waals surface area contributed by atoms with Crippen LogP contribution in [-0.4, -0.2) is 4.92 Å². The maximum atomic E-state index is 11.1. The molecule has 0 atom stereocenters. The fraction of sp³-hybridized carbons (Fsp3) is 0. The molecule has 0 aromatic heterocycles. The number of non-ortho nitro benzene ring substituents is 1. The molecule has 0 saturated heterocycles. The Balaban J connectivity index is 1.91.